The van der Waals surface area contributed by atoms with Gasteiger partial charge < -0.3 is 19.7 Å². The minimum atomic E-state index is 0.120. The normalized spacial score (nSPS) is 11.0. The molecule has 0 aliphatic rings. The summed E-state index contributed by atoms with van der Waals surface area (Å²) in [5, 5.41) is 27.5. The van der Waals surface area contributed by atoms with Crippen molar-refractivity contribution in [1.82, 2.24) is 0 Å². The first kappa shape index (κ1) is 23.4. The third-order valence-corrected chi connectivity index (χ3v) is 6.66. The van der Waals surface area contributed by atoms with Gasteiger partial charge >= 0.3 is 0 Å². The lowest BCUT2D eigenvalue weighted by Crippen LogP contribution is -1.98. The number of rotatable bonds is 4. The molecule has 6 aromatic rings. The lowest BCUT2D eigenvalue weighted by Gasteiger charge is -2.14. The van der Waals surface area contributed by atoms with Crippen LogP contribution in [0.5, 0.6) is 17.2 Å². The van der Waals surface area contributed by atoms with Crippen molar-refractivity contribution >= 4 is 32.3 Å². The van der Waals surface area contributed by atoms with Gasteiger partial charge in [-0.25, -0.2) is 0 Å². The number of ether oxygens (including phenoxy) is 2. The summed E-state index contributed by atoms with van der Waals surface area (Å²) in [6, 6.07) is 32.9. The molecule has 184 valence electrons. The Morgan fingerprint density at radius 2 is 1.16 bits per heavy atom. The second-order valence-corrected chi connectivity index (χ2v) is 9.10. The Balaban J connectivity index is 1.37. The Bertz CT molecular complexity index is 1890. The predicted molar refractivity (Wildman–Crippen MR) is 153 cm³/mol. The molecule has 0 bridgehead atoms. The highest BCUT2D eigenvalue weighted by Crippen LogP contribution is 2.44. The minimum absolute atomic E-state index is 0.120. The van der Waals surface area contributed by atoms with E-state index < -0.39 is 0 Å². The van der Waals surface area contributed by atoms with Crippen molar-refractivity contribution in [3.63, 3.8) is 0 Å². The zero-order chi connectivity index (χ0) is 26.1. The Labute approximate surface area is 220 Å². The molecule has 0 saturated carbocycles. The van der Waals surface area contributed by atoms with Crippen LogP contribution in [-0.2, 0) is 4.74 Å². The van der Waals surface area contributed by atoms with E-state index in [9.17, 15) is 10.2 Å². The summed E-state index contributed by atoms with van der Waals surface area (Å²) in [4.78, 5) is 0. The summed E-state index contributed by atoms with van der Waals surface area (Å²) in [5.74, 6) is 7.55. The number of aromatic hydroxyl groups is 2. The van der Waals surface area contributed by atoms with E-state index in [1.807, 2.05) is 84.9 Å². The molecule has 0 unspecified atom stereocenters. The Morgan fingerprint density at radius 1 is 0.579 bits per heavy atom. The third-order valence-electron chi connectivity index (χ3n) is 6.66. The smallest absolute Gasteiger partial charge is 0.188 e. The largest absolute Gasteiger partial charge is 0.507 e. The van der Waals surface area contributed by atoms with Crippen LogP contribution in [0.2, 0.25) is 0 Å². The lowest BCUT2D eigenvalue weighted by molar-refractivity contribution is 0.0512. The standard InChI is InChI=1S/C34H24O4/c1-37-21-38-28-14-11-25-18-22(8-10-26(25)20-28)6-7-23-9-15-30-27(19-23)13-17-32(36)34(30)33-29-5-3-2-4-24(29)12-16-31(33)35/h2-5,8-20,35-36H,21H2,1H3. The fraction of sp³-hybridized carbons (Fsp3) is 0.0588. The van der Waals surface area contributed by atoms with Crippen molar-refractivity contribution in [3.8, 4) is 40.2 Å². The van der Waals surface area contributed by atoms with Gasteiger partial charge in [-0.05, 0) is 80.8 Å². The van der Waals surface area contributed by atoms with Gasteiger partial charge in [-0.2, -0.15) is 0 Å². The Kier molecular flexibility index (Phi) is 6.05. The van der Waals surface area contributed by atoms with Gasteiger partial charge in [0.15, 0.2) is 6.79 Å². The molecule has 0 heterocycles. The molecule has 0 saturated heterocycles. The molecule has 2 N–H and O–H groups in total. The molecule has 0 radical (unpaired) electrons. The van der Waals surface area contributed by atoms with Crippen molar-refractivity contribution in [1.29, 1.82) is 0 Å². The van der Waals surface area contributed by atoms with Crippen LogP contribution in [0, 0.1) is 11.8 Å². The van der Waals surface area contributed by atoms with Crippen LogP contribution in [0.25, 0.3) is 43.4 Å². The quantitative estimate of drug-likeness (QED) is 0.195. The van der Waals surface area contributed by atoms with Crippen LogP contribution in [0.4, 0.5) is 0 Å². The van der Waals surface area contributed by atoms with E-state index in [-0.39, 0.29) is 18.3 Å². The van der Waals surface area contributed by atoms with E-state index in [2.05, 4.69) is 17.9 Å². The van der Waals surface area contributed by atoms with E-state index in [1.54, 1.807) is 19.2 Å². The molecular formula is C34H24O4. The highest BCUT2D eigenvalue weighted by atomic mass is 16.7. The molecule has 0 fully saturated rings. The molecule has 0 spiro atoms. The van der Waals surface area contributed by atoms with Gasteiger partial charge in [0.1, 0.15) is 17.2 Å². The van der Waals surface area contributed by atoms with Crippen LogP contribution in [0.3, 0.4) is 0 Å². The molecule has 6 rings (SSSR count). The Morgan fingerprint density at radius 3 is 1.92 bits per heavy atom. The second kappa shape index (κ2) is 9.82. The van der Waals surface area contributed by atoms with Crippen molar-refractivity contribution in [3.05, 3.63) is 114 Å². The average Bonchev–Trinajstić information content (AvgIpc) is 2.95. The lowest BCUT2D eigenvalue weighted by atomic mass is 9.92. The summed E-state index contributed by atoms with van der Waals surface area (Å²) in [6.07, 6.45) is 0. The first-order valence-electron chi connectivity index (χ1n) is 12.2. The van der Waals surface area contributed by atoms with Crippen LogP contribution in [0.1, 0.15) is 11.1 Å². The molecule has 6 aromatic carbocycles. The minimum Gasteiger partial charge on any atom is -0.507 e. The van der Waals surface area contributed by atoms with Gasteiger partial charge in [0.25, 0.3) is 0 Å². The average molecular weight is 497 g/mol. The molecule has 0 atom stereocenters. The van der Waals surface area contributed by atoms with Crippen molar-refractivity contribution in [2.24, 2.45) is 0 Å². The summed E-state index contributed by atoms with van der Waals surface area (Å²) < 4.78 is 10.5. The summed E-state index contributed by atoms with van der Waals surface area (Å²) >= 11 is 0. The number of fused-ring (bicyclic) bond motifs is 3. The topological polar surface area (TPSA) is 58.9 Å². The van der Waals surface area contributed by atoms with E-state index in [0.29, 0.717) is 11.1 Å². The highest BCUT2D eigenvalue weighted by Gasteiger charge is 2.16. The number of methoxy groups -OCH3 is 1. The molecule has 0 aliphatic carbocycles. The zero-order valence-corrected chi connectivity index (χ0v) is 20.7. The van der Waals surface area contributed by atoms with Gasteiger partial charge in [-0.3, -0.25) is 0 Å². The zero-order valence-electron chi connectivity index (χ0n) is 20.7. The highest BCUT2D eigenvalue weighted by molar-refractivity contribution is 6.09. The summed E-state index contributed by atoms with van der Waals surface area (Å²) in [5.41, 5.74) is 3.01. The van der Waals surface area contributed by atoms with E-state index in [0.717, 1.165) is 49.2 Å². The van der Waals surface area contributed by atoms with Crippen LogP contribution >= 0.6 is 0 Å². The van der Waals surface area contributed by atoms with Gasteiger partial charge in [0.05, 0.1) is 0 Å². The van der Waals surface area contributed by atoms with Crippen LogP contribution < -0.4 is 4.74 Å². The van der Waals surface area contributed by atoms with Crippen molar-refractivity contribution in [2.75, 3.05) is 13.9 Å². The van der Waals surface area contributed by atoms with Crippen molar-refractivity contribution in [2.45, 2.75) is 0 Å². The number of hydrogen-bond acceptors (Lipinski definition) is 4. The summed E-state index contributed by atoms with van der Waals surface area (Å²) in [7, 11) is 1.60. The predicted octanol–water partition coefficient (Wildman–Crippen LogP) is 7.61. The number of phenolic OH excluding ortho intramolecular Hbond substituents is 2. The summed E-state index contributed by atoms with van der Waals surface area (Å²) in [6.45, 7) is 0.213. The maximum absolute atomic E-state index is 10.9. The monoisotopic (exact) mass is 496 g/mol. The molecular weight excluding hydrogens is 472 g/mol. The van der Waals surface area contributed by atoms with Crippen molar-refractivity contribution < 1.29 is 19.7 Å². The number of phenols is 2. The number of benzene rings is 6. The molecule has 0 aliphatic heterocycles. The van der Waals surface area contributed by atoms with Crippen LogP contribution in [-0.4, -0.2) is 24.1 Å². The molecule has 0 amide bonds. The third kappa shape index (κ3) is 4.37. The molecule has 4 heteroatoms. The second-order valence-electron chi connectivity index (χ2n) is 9.10. The molecule has 4 nitrogen and oxygen atoms in total. The molecule has 0 aromatic heterocycles. The van der Waals surface area contributed by atoms with E-state index in [4.69, 9.17) is 9.47 Å². The fourth-order valence-electron chi connectivity index (χ4n) is 4.84. The molecule has 38 heavy (non-hydrogen) atoms. The first-order chi connectivity index (χ1) is 18.6. The van der Waals surface area contributed by atoms with Gasteiger partial charge in [0.2, 0.25) is 0 Å². The van der Waals surface area contributed by atoms with Gasteiger partial charge in [0, 0.05) is 29.4 Å². The maximum Gasteiger partial charge on any atom is 0.188 e. The number of hydrogen-bond donors (Lipinski definition) is 2. The van der Waals surface area contributed by atoms with E-state index >= 15 is 0 Å². The first-order valence-corrected chi connectivity index (χ1v) is 12.2. The van der Waals surface area contributed by atoms with Gasteiger partial charge in [-0.15, -0.1) is 0 Å². The fourth-order valence-corrected chi connectivity index (χ4v) is 4.84. The maximum atomic E-state index is 10.9. The van der Waals surface area contributed by atoms with Gasteiger partial charge in [-0.1, -0.05) is 66.4 Å². The SMILES string of the molecule is COCOc1ccc2cc(C#Cc3ccc4c(-c5c(O)ccc6ccccc56)c(O)ccc4c3)ccc2c1. The Hall–Kier alpha value is -4.98. The van der Waals surface area contributed by atoms with E-state index in [1.165, 1.54) is 0 Å². The van der Waals surface area contributed by atoms with Crippen LogP contribution in [0.15, 0.2) is 103 Å².